The van der Waals surface area contributed by atoms with Crippen molar-refractivity contribution in [3.8, 4) is 0 Å². The van der Waals surface area contributed by atoms with E-state index in [1.54, 1.807) is 0 Å². The number of amides is 1. The summed E-state index contributed by atoms with van der Waals surface area (Å²) in [6.45, 7) is 2.79. The zero-order valence-electron chi connectivity index (χ0n) is 12.4. The van der Waals surface area contributed by atoms with E-state index in [0.29, 0.717) is 18.9 Å². The van der Waals surface area contributed by atoms with Crippen LogP contribution in [0, 0.1) is 0 Å². The van der Waals surface area contributed by atoms with Gasteiger partial charge in [0.2, 0.25) is 5.91 Å². The Morgan fingerprint density at radius 1 is 1.10 bits per heavy atom. The predicted molar refractivity (Wildman–Crippen MR) is 87.0 cm³/mol. The number of nitrogen functional groups attached to an aromatic ring is 1. The summed E-state index contributed by atoms with van der Waals surface area (Å²) in [7, 11) is 0. The summed E-state index contributed by atoms with van der Waals surface area (Å²) in [4.78, 5) is 11.9. The van der Waals surface area contributed by atoms with Gasteiger partial charge in [-0.05, 0) is 35.6 Å². The lowest BCUT2D eigenvalue weighted by Crippen LogP contribution is -2.27. The minimum atomic E-state index is 0.0922. The van der Waals surface area contributed by atoms with E-state index >= 15 is 0 Å². The van der Waals surface area contributed by atoms with Gasteiger partial charge in [-0.2, -0.15) is 0 Å². The molecule has 1 atom stereocenters. The van der Waals surface area contributed by atoms with Crippen LogP contribution in [-0.4, -0.2) is 12.5 Å². The Hall–Kier alpha value is -2.29. The average Bonchev–Trinajstić information content (AvgIpc) is 2.53. The second-order valence-electron chi connectivity index (χ2n) is 5.36. The molecule has 0 radical (unpaired) electrons. The van der Waals surface area contributed by atoms with Crippen LogP contribution in [0.4, 0.5) is 5.69 Å². The molecule has 2 aromatic rings. The predicted octanol–water partition coefficient (Wildman–Crippen LogP) is 3.12. The van der Waals surface area contributed by atoms with E-state index in [1.165, 1.54) is 5.56 Å². The first kappa shape index (κ1) is 15.1. The minimum absolute atomic E-state index is 0.0922. The average molecular weight is 282 g/mol. The van der Waals surface area contributed by atoms with Crippen LogP contribution in [-0.2, 0) is 11.2 Å². The molecule has 0 aromatic heterocycles. The highest BCUT2D eigenvalue weighted by atomic mass is 16.1. The molecule has 0 heterocycles. The van der Waals surface area contributed by atoms with Gasteiger partial charge in [0, 0.05) is 18.7 Å². The number of nitrogens with two attached hydrogens (primary N) is 1. The Bertz CT molecular complexity index is 564. The number of hydrogen-bond donors (Lipinski definition) is 2. The van der Waals surface area contributed by atoms with Crippen molar-refractivity contribution in [1.82, 2.24) is 5.32 Å². The molecular weight excluding hydrogens is 260 g/mol. The van der Waals surface area contributed by atoms with Crippen LogP contribution in [0.15, 0.2) is 54.6 Å². The van der Waals surface area contributed by atoms with Crippen LogP contribution in [0.5, 0.6) is 0 Å². The van der Waals surface area contributed by atoms with Crippen molar-refractivity contribution in [2.45, 2.75) is 25.7 Å². The highest BCUT2D eigenvalue weighted by molar-refractivity contribution is 5.76. The third-order valence-electron chi connectivity index (χ3n) is 3.59. The molecule has 2 aromatic carbocycles. The molecule has 3 heteroatoms. The zero-order valence-corrected chi connectivity index (χ0v) is 12.4. The Morgan fingerprint density at radius 3 is 2.43 bits per heavy atom. The second kappa shape index (κ2) is 7.48. The maximum absolute atomic E-state index is 11.9. The molecule has 0 saturated carbocycles. The molecular formula is C18H22N2O. The van der Waals surface area contributed by atoms with Gasteiger partial charge < -0.3 is 11.1 Å². The Balaban J connectivity index is 1.73. The van der Waals surface area contributed by atoms with E-state index in [4.69, 9.17) is 5.73 Å². The molecule has 21 heavy (non-hydrogen) atoms. The quantitative estimate of drug-likeness (QED) is 0.800. The van der Waals surface area contributed by atoms with Crippen molar-refractivity contribution in [3.63, 3.8) is 0 Å². The molecule has 0 spiro atoms. The number of carbonyl (C=O) groups excluding carboxylic acids is 1. The van der Waals surface area contributed by atoms with E-state index in [0.717, 1.165) is 17.7 Å². The maximum atomic E-state index is 11.9. The van der Waals surface area contributed by atoms with Gasteiger partial charge in [0.15, 0.2) is 0 Å². The first-order valence-corrected chi connectivity index (χ1v) is 7.31. The number of benzene rings is 2. The summed E-state index contributed by atoms with van der Waals surface area (Å²) in [5, 5.41) is 3.00. The molecule has 3 nitrogen and oxygen atoms in total. The van der Waals surface area contributed by atoms with E-state index in [-0.39, 0.29) is 5.91 Å². The molecule has 0 aliphatic rings. The number of anilines is 1. The molecule has 0 saturated heterocycles. The Kier molecular flexibility index (Phi) is 5.38. The van der Waals surface area contributed by atoms with Crippen molar-refractivity contribution in [1.29, 1.82) is 0 Å². The molecule has 1 unspecified atom stereocenters. The first-order chi connectivity index (χ1) is 10.1. The van der Waals surface area contributed by atoms with Crippen LogP contribution in [0.3, 0.4) is 0 Å². The number of nitrogens with one attached hydrogen (secondary N) is 1. The van der Waals surface area contributed by atoms with Gasteiger partial charge in [-0.15, -0.1) is 0 Å². The van der Waals surface area contributed by atoms with Gasteiger partial charge in [0.25, 0.3) is 0 Å². The number of hydrogen-bond acceptors (Lipinski definition) is 2. The fourth-order valence-corrected chi connectivity index (χ4v) is 2.20. The smallest absolute Gasteiger partial charge is 0.220 e. The van der Waals surface area contributed by atoms with Gasteiger partial charge in [-0.3, -0.25) is 4.79 Å². The zero-order chi connectivity index (χ0) is 15.1. The van der Waals surface area contributed by atoms with E-state index in [2.05, 4.69) is 24.4 Å². The minimum Gasteiger partial charge on any atom is -0.399 e. The highest BCUT2D eigenvalue weighted by Crippen LogP contribution is 2.13. The number of carbonyl (C=O) groups is 1. The Morgan fingerprint density at radius 2 is 1.76 bits per heavy atom. The topological polar surface area (TPSA) is 55.1 Å². The molecule has 0 bridgehead atoms. The van der Waals surface area contributed by atoms with Crippen molar-refractivity contribution in [3.05, 3.63) is 65.7 Å². The lowest BCUT2D eigenvalue weighted by Gasteiger charge is -2.13. The Labute approximate surface area is 126 Å². The molecule has 0 aliphatic heterocycles. The lowest BCUT2D eigenvalue weighted by molar-refractivity contribution is -0.121. The SMILES string of the molecule is CC(CNC(=O)CCc1ccc(N)cc1)c1ccccc1. The summed E-state index contributed by atoms with van der Waals surface area (Å²) in [6, 6.07) is 17.9. The fourth-order valence-electron chi connectivity index (χ4n) is 2.20. The largest absolute Gasteiger partial charge is 0.399 e. The highest BCUT2D eigenvalue weighted by Gasteiger charge is 2.07. The molecule has 0 fully saturated rings. The third kappa shape index (κ3) is 4.95. The van der Waals surface area contributed by atoms with Gasteiger partial charge >= 0.3 is 0 Å². The van der Waals surface area contributed by atoms with Crippen LogP contribution in [0.2, 0.25) is 0 Å². The van der Waals surface area contributed by atoms with Gasteiger partial charge in [-0.25, -0.2) is 0 Å². The normalized spacial score (nSPS) is 11.9. The molecule has 3 N–H and O–H groups in total. The standard InChI is InChI=1S/C18H22N2O/c1-14(16-5-3-2-4-6-16)13-20-18(21)12-9-15-7-10-17(19)11-8-15/h2-8,10-11,14H,9,12-13,19H2,1H3,(H,20,21). The maximum Gasteiger partial charge on any atom is 0.220 e. The number of rotatable bonds is 6. The first-order valence-electron chi connectivity index (χ1n) is 7.31. The summed E-state index contributed by atoms with van der Waals surface area (Å²) in [5.41, 5.74) is 8.77. The van der Waals surface area contributed by atoms with Crippen LogP contribution < -0.4 is 11.1 Å². The lowest BCUT2D eigenvalue weighted by atomic mass is 10.0. The molecule has 0 aliphatic carbocycles. The number of aryl methyl sites for hydroxylation is 1. The van der Waals surface area contributed by atoms with Crippen LogP contribution in [0.25, 0.3) is 0 Å². The van der Waals surface area contributed by atoms with Gasteiger partial charge in [0.05, 0.1) is 0 Å². The van der Waals surface area contributed by atoms with E-state index < -0.39 is 0 Å². The summed E-state index contributed by atoms with van der Waals surface area (Å²) >= 11 is 0. The molecule has 1 amide bonds. The molecule has 110 valence electrons. The van der Waals surface area contributed by atoms with Crippen molar-refractivity contribution < 1.29 is 4.79 Å². The summed E-state index contributed by atoms with van der Waals surface area (Å²) < 4.78 is 0. The molecule has 2 rings (SSSR count). The van der Waals surface area contributed by atoms with E-state index in [1.807, 2.05) is 42.5 Å². The summed E-state index contributed by atoms with van der Waals surface area (Å²) in [6.07, 6.45) is 1.25. The van der Waals surface area contributed by atoms with Crippen molar-refractivity contribution >= 4 is 11.6 Å². The van der Waals surface area contributed by atoms with Crippen molar-refractivity contribution in [2.24, 2.45) is 0 Å². The van der Waals surface area contributed by atoms with Crippen LogP contribution in [0.1, 0.15) is 30.4 Å². The third-order valence-corrected chi connectivity index (χ3v) is 3.59. The van der Waals surface area contributed by atoms with Gasteiger partial charge in [-0.1, -0.05) is 49.4 Å². The van der Waals surface area contributed by atoms with Crippen LogP contribution >= 0.6 is 0 Å². The summed E-state index contributed by atoms with van der Waals surface area (Å²) in [5.74, 6) is 0.418. The van der Waals surface area contributed by atoms with Gasteiger partial charge in [0.1, 0.15) is 0 Å². The second-order valence-corrected chi connectivity index (χ2v) is 5.36. The van der Waals surface area contributed by atoms with E-state index in [9.17, 15) is 4.79 Å². The van der Waals surface area contributed by atoms with Crippen molar-refractivity contribution in [2.75, 3.05) is 12.3 Å². The monoisotopic (exact) mass is 282 g/mol. The fraction of sp³-hybridized carbons (Fsp3) is 0.278.